The van der Waals surface area contributed by atoms with E-state index in [-0.39, 0.29) is 5.82 Å². The minimum atomic E-state index is -0.426. The highest BCUT2D eigenvalue weighted by Crippen LogP contribution is 2.25. The van der Waals surface area contributed by atoms with E-state index in [1.54, 1.807) is 18.2 Å². The Bertz CT molecular complexity index is 604. The first-order chi connectivity index (χ1) is 9.04. The second-order valence-electron chi connectivity index (χ2n) is 3.71. The van der Waals surface area contributed by atoms with Crippen molar-refractivity contribution in [3.8, 4) is 0 Å². The summed E-state index contributed by atoms with van der Waals surface area (Å²) in [5.74, 6) is -0.356. The lowest BCUT2D eigenvalue weighted by molar-refractivity contribution is 0.262. The van der Waals surface area contributed by atoms with Gasteiger partial charge in [-0.15, -0.1) is 0 Å². The number of anilines is 2. The topological polar surface area (TPSA) is 41.1 Å². The first kappa shape index (κ1) is 13.8. The third kappa shape index (κ3) is 3.94. The molecular weight excluding hydrogens is 335 g/mol. The lowest BCUT2D eigenvalue weighted by Crippen LogP contribution is -2.19. The molecule has 0 atom stereocenters. The summed E-state index contributed by atoms with van der Waals surface area (Å²) in [5.41, 5.74) is 1.06. The number of carbonyl (C=O) groups is 1. The molecule has 6 heteroatoms. The van der Waals surface area contributed by atoms with Gasteiger partial charge in [0.2, 0.25) is 0 Å². The zero-order valence-corrected chi connectivity index (χ0v) is 11.9. The van der Waals surface area contributed by atoms with Crippen molar-refractivity contribution in [3.05, 3.63) is 57.8 Å². The van der Waals surface area contributed by atoms with Gasteiger partial charge in [0, 0.05) is 15.8 Å². The summed E-state index contributed by atoms with van der Waals surface area (Å²) in [4.78, 5) is 11.7. The Morgan fingerprint density at radius 2 is 1.63 bits per heavy atom. The molecule has 0 bridgehead atoms. The van der Waals surface area contributed by atoms with Crippen molar-refractivity contribution in [2.24, 2.45) is 0 Å². The maximum Gasteiger partial charge on any atom is 0.323 e. The Labute approximate surface area is 122 Å². The molecule has 0 fully saturated rings. The molecule has 0 aromatic heterocycles. The zero-order chi connectivity index (χ0) is 13.8. The smallest absolute Gasteiger partial charge is 0.308 e. The molecule has 98 valence electrons. The van der Waals surface area contributed by atoms with Crippen molar-refractivity contribution in [2.45, 2.75) is 0 Å². The molecule has 0 unspecified atom stereocenters. The van der Waals surface area contributed by atoms with Gasteiger partial charge in [-0.25, -0.2) is 9.18 Å². The number of amides is 2. The number of carbonyl (C=O) groups excluding carboxylic acids is 1. The van der Waals surface area contributed by atoms with Crippen LogP contribution in [0.3, 0.4) is 0 Å². The van der Waals surface area contributed by atoms with Gasteiger partial charge in [-0.1, -0.05) is 11.6 Å². The van der Waals surface area contributed by atoms with Crippen LogP contribution < -0.4 is 10.6 Å². The number of hydrogen-bond acceptors (Lipinski definition) is 1. The number of hydrogen-bond donors (Lipinski definition) is 2. The Kier molecular flexibility index (Phi) is 4.39. The van der Waals surface area contributed by atoms with E-state index < -0.39 is 6.03 Å². The van der Waals surface area contributed by atoms with Crippen molar-refractivity contribution >= 4 is 44.9 Å². The van der Waals surface area contributed by atoms with Crippen LogP contribution in [-0.4, -0.2) is 6.03 Å². The average Bonchev–Trinajstić information content (AvgIpc) is 2.37. The third-order valence-corrected chi connectivity index (χ3v) is 3.51. The van der Waals surface area contributed by atoms with E-state index in [0.29, 0.717) is 16.4 Å². The summed E-state index contributed by atoms with van der Waals surface area (Å²) in [7, 11) is 0. The van der Waals surface area contributed by atoms with Gasteiger partial charge in [0.1, 0.15) is 5.82 Å². The maximum atomic E-state index is 12.7. The molecule has 0 aliphatic heterocycles. The lowest BCUT2D eigenvalue weighted by atomic mass is 10.3. The van der Waals surface area contributed by atoms with Crippen LogP contribution in [0.1, 0.15) is 0 Å². The van der Waals surface area contributed by atoms with Crippen LogP contribution in [0.25, 0.3) is 0 Å². The van der Waals surface area contributed by atoms with Crippen LogP contribution in [0.2, 0.25) is 5.02 Å². The molecule has 19 heavy (non-hydrogen) atoms. The normalized spacial score (nSPS) is 10.1. The Hall–Kier alpha value is -1.59. The highest BCUT2D eigenvalue weighted by molar-refractivity contribution is 9.10. The molecule has 3 nitrogen and oxygen atoms in total. The number of nitrogens with one attached hydrogen (secondary N) is 2. The Balaban J connectivity index is 2.01. The van der Waals surface area contributed by atoms with Crippen LogP contribution in [0.5, 0.6) is 0 Å². The first-order valence-electron chi connectivity index (χ1n) is 5.33. The second-order valence-corrected chi connectivity index (χ2v) is 4.98. The van der Waals surface area contributed by atoms with Gasteiger partial charge in [-0.3, -0.25) is 0 Å². The molecule has 2 N–H and O–H groups in total. The molecule has 0 saturated carbocycles. The van der Waals surface area contributed by atoms with Crippen LogP contribution >= 0.6 is 27.5 Å². The van der Waals surface area contributed by atoms with Gasteiger partial charge < -0.3 is 10.6 Å². The van der Waals surface area contributed by atoms with Crippen molar-refractivity contribution < 1.29 is 9.18 Å². The van der Waals surface area contributed by atoms with E-state index in [1.165, 1.54) is 24.3 Å². The lowest BCUT2D eigenvalue weighted by Gasteiger charge is -2.08. The molecule has 0 radical (unpaired) electrons. The molecule has 0 aliphatic carbocycles. The molecule has 2 aromatic rings. The van der Waals surface area contributed by atoms with E-state index in [2.05, 4.69) is 26.6 Å². The summed E-state index contributed by atoms with van der Waals surface area (Å²) < 4.78 is 13.5. The predicted molar refractivity (Wildman–Crippen MR) is 78.2 cm³/mol. The van der Waals surface area contributed by atoms with Crippen molar-refractivity contribution in [3.63, 3.8) is 0 Å². The van der Waals surface area contributed by atoms with E-state index in [9.17, 15) is 9.18 Å². The van der Waals surface area contributed by atoms with Crippen molar-refractivity contribution in [1.82, 2.24) is 0 Å². The van der Waals surface area contributed by atoms with Gasteiger partial charge in [-0.05, 0) is 58.4 Å². The standard InChI is InChI=1S/C13H9BrClFN2O/c14-11-6-5-10(7-12(11)15)18-13(19)17-9-3-1-8(16)2-4-9/h1-7H,(H2,17,18,19). The highest BCUT2D eigenvalue weighted by Gasteiger charge is 2.04. The van der Waals surface area contributed by atoms with Gasteiger partial charge in [-0.2, -0.15) is 0 Å². The molecule has 2 aromatic carbocycles. The molecule has 0 saturated heterocycles. The Morgan fingerprint density at radius 3 is 2.26 bits per heavy atom. The highest BCUT2D eigenvalue weighted by atomic mass is 79.9. The van der Waals surface area contributed by atoms with E-state index in [0.717, 1.165) is 4.47 Å². The van der Waals surface area contributed by atoms with E-state index in [4.69, 9.17) is 11.6 Å². The largest absolute Gasteiger partial charge is 0.323 e. The first-order valence-corrected chi connectivity index (χ1v) is 6.50. The third-order valence-electron chi connectivity index (χ3n) is 2.28. The summed E-state index contributed by atoms with van der Waals surface area (Å²) in [5, 5.41) is 5.70. The van der Waals surface area contributed by atoms with E-state index >= 15 is 0 Å². The number of rotatable bonds is 2. The monoisotopic (exact) mass is 342 g/mol. The van der Waals surface area contributed by atoms with Gasteiger partial charge >= 0.3 is 6.03 Å². The fourth-order valence-electron chi connectivity index (χ4n) is 1.40. The molecule has 0 aliphatic rings. The van der Waals surface area contributed by atoms with Crippen LogP contribution in [0.15, 0.2) is 46.9 Å². The minimum Gasteiger partial charge on any atom is -0.308 e. The number of benzene rings is 2. The van der Waals surface area contributed by atoms with Gasteiger partial charge in [0.05, 0.1) is 5.02 Å². The second kappa shape index (κ2) is 6.04. The fourth-order valence-corrected chi connectivity index (χ4v) is 1.83. The quantitative estimate of drug-likeness (QED) is 0.801. The molecule has 2 rings (SSSR count). The Morgan fingerprint density at radius 1 is 1.05 bits per heavy atom. The van der Waals surface area contributed by atoms with Crippen LogP contribution in [0, 0.1) is 5.82 Å². The van der Waals surface area contributed by atoms with E-state index in [1.807, 2.05) is 0 Å². The molecule has 0 spiro atoms. The van der Waals surface area contributed by atoms with Gasteiger partial charge in [0.25, 0.3) is 0 Å². The zero-order valence-electron chi connectivity index (χ0n) is 9.58. The van der Waals surface area contributed by atoms with Gasteiger partial charge in [0.15, 0.2) is 0 Å². The van der Waals surface area contributed by atoms with Crippen molar-refractivity contribution in [1.29, 1.82) is 0 Å². The molecule has 0 heterocycles. The average molecular weight is 344 g/mol. The fraction of sp³-hybridized carbons (Fsp3) is 0. The minimum absolute atomic E-state index is 0.356. The van der Waals surface area contributed by atoms with Crippen LogP contribution in [-0.2, 0) is 0 Å². The summed E-state index contributed by atoms with van der Waals surface area (Å²) in [6.07, 6.45) is 0. The predicted octanol–water partition coefficient (Wildman–Crippen LogP) is 4.89. The number of halogens is 3. The van der Waals surface area contributed by atoms with Crippen LogP contribution in [0.4, 0.5) is 20.6 Å². The summed E-state index contributed by atoms with van der Waals surface area (Å²) in [6.45, 7) is 0. The van der Waals surface area contributed by atoms with Crippen molar-refractivity contribution in [2.75, 3.05) is 10.6 Å². The maximum absolute atomic E-state index is 12.7. The summed E-state index contributed by atoms with van der Waals surface area (Å²) in [6, 6.07) is 10.1. The molecular formula is C13H9BrClFN2O. The SMILES string of the molecule is O=C(Nc1ccc(F)cc1)Nc1ccc(Br)c(Cl)c1. The summed E-state index contributed by atoms with van der Waals surface area (Å²) >= 11 is 9.17. The molecule has 2 amide bonds. The number of urea groups is 1.